The van der Waals surface area contributed by atoms with Crippen LogP contribution in [0, 0.1) is 10.1 Å². The number of sulfonamides is 1. The zero-order valence-electron chi connectivity index (χ0n) is 15.5. The summed E-state index contributed by atoms with van der Waals surface area (Å²) in [5.74, 6) is 0. The summed E-state index contributed by atoms with van der Waals surface area (Å²) >= 11 is 3.43. The number of anilines is 1. The van der Waals surface area contributed by atoms with Gasteiger partial charge in [-0.3, -0.25) is 15.5 Å². The Bertz CT molecular complexity index is 1050. The monoisotopic (exact) mass is 482 g/mol. The molecular weight excluding hydrogens is 464 g/mol. The van der Waals surface area contributed by atoms with Crippen molar-refractivity contribution in [3.05, 3.63) is 62.6 Å². The molecule has 0 aromatic heterocycles. The van der Waals surface area contributed by atoms with Gasteiger partial charge in [-0.2, -0.15) is 9.41 Å². The van der Waals surface area contributed by atoms with Crippen molar-refractivity contribution < 1.29 is 18.1 Å². The lowest BCUT2D eigenvalue weighted by Gasteiger charge is -2.26. The van der Waals surface area contributed by atoms with Gasteiger partial charge in [-0.15, -0.1) is 0 Å². The molecule has 1 saturated heterocycles. The first-order valence-electron chi connectivity index (χ1n) is 8.72. The van der Waals surface area contributed by atoms with E-state index in [9.17, 15) is 18.5 Å². The topological polar surface area (TPSA) is 114 Å². The van der Waals surface area contributed by atoms with E-state index in [4.69, 9.17) is 4.74 Å². The molecule has 9 nitrogen and oxygen atoms in total. The Morgan fingerprint density at radius 2 is 1.93 bits per heavy atom. The van der Waals surface area contributed by atoms with E-state index in [1.54, 1.807) is 6.92 Å². The number of benzene rings is 2. The van der Waals surface area contributed by atoms with Gasteiger partial charge in [0, 0.05) is 29.2 Å². The smallest absolute Gasteiger partial charge is 0.295 e. The number of nitrogens with one attached hydrogen (secondary N) is 1. The van der Waals surface area contributed by atoms with Crippen LogP contribution in [0.4, 0.5) is 11.4 Å². The molecule has 1 fully saturated rings. The lowest BCUT2D eigenvalue weighted by atomic mass is 10.1. The standard InChI is InChI=1S/C18H19BrN4O5S/c1-13(15-4-2-3-5-16(15)19)20-21-17-7-6-14(12-18(17)23(24)25)29(26,27)22-8-10-28-11-9-22/h2-7,12,21H,8-11H2,1H3/b20-13+. The van der Waals surface area contributed by atoms with Crippen molar-refractivity contribution in [2.45, 2.75) is 11.8 Å². The molecule has 2 aromatic carbocycles. The molecule has 11 heteroatoms. The van der Waals surface area contributed by atoms with Crippen LogP contribution in [0.25, 0.3) is 0 Å². The van der Waals surface area contributed by atoms with Crippen molar-refractivity contribution in [3.63, 3.8) is 0 Å². The number of hydrogen-bond donors (Lipinski definition) is 1. The SMILES string of the molecule is C/C(=N\Nc1ccc(S(=O)(=O)N2CCOCC2)cc1[N+](=O)[O-])c1ccccc1Br. The van der Waals surface area contributed by atoms with Crippen LogP contribution in [0.2, 0.25) is 0 Å². The van der Waals surface area contributed by atoms with E-state index in [-0.39, 0.29) is 29.4 Å². The van der Waals surface area contributed by atoms with Crippen LogP contribution in [-0.4, -0.2) is 49.7 Å². The van der Waals surface area contributed by atoms with Crippen LogP contribution in [0.3, 0.4) is 0 Å². The normalized spacial score (nSPS) is 15.9. The number of halogens is 1. The molecule has 0 spiro atoms. The Morgan fingerprint density at radius 3 is 2.59 bits per heavy atom. The van der Waals surface area contributed by atoms with Gasteiger partial charge in [0.25, 0.3) is 5.69 Å². The largest absolute Gasteiger partial charge is 0.379 e. The molecule has 0 aliphatic carbocycles. The molecule has 2 aromatic rings. The number of hydrazone groups is 1. The van der Waals surface area contributed by atoms with Crippen LogP contribution >= 0.6 is 15.9 Å². The van der Waals surface area contributed by atoms with Crippen molar-refractivity contribution >= 4 is 43.0 Å². The van der Waals surface area contributed by atoms with Crippen molar-refractivity contribution in [1.29, 1.82) is 0 Å². The molecule has 1 N–H and O–H groups in total. The summed E-state index contributed by atoms with van der Waals surface area (Å²) in [4.78, 5) is 10.8. The van der Waals surface area contributed by atoms with E-state index >= 15 is 0 Å². The van der Waals surface area contributed by atoms with Gasteiger partial charge in [0.2, 0.25) is 10.0 Å². The van der Waals surface area contributed by atoms with Gasteiger partial charge >= 0.3 is 0 Å². The number of ether oxygens (including phenoxy) is 1. The molecule has 0 saturated carbocycles. The zero-order valence-corrected chi connectivity index (χ0v) is 17.9. The third-order valence-electron chi connectivity index (χ3n) is 4.38. The molecule has 154 valence electrons. The summed E-state index contributed by atoms with van der Waals surface area (Å²) in [6.45, 7) is 2.78. The minimum Gasteiger partial charge on any atom is -0.379 e. The van der Waals surface area contributed by atoms with Crippen LogP contribution in [-0.2, 0) is 14.8 Å². The number of rotatable bonds is 6. The van der Waals surface area contributed by atoms with Crippen molar-refractivity contribution in [2.24, 2.45) is 5.10 Å². The van der Waals surface area contributed by atoms with Gasteiger partial charge in [-0.05, 0) is 25.1 Å². The highest BCUT2D eigenvalue weighted by atomic mass is 79.9. The maximum Gasteiger partial charge on any atom is 0.295 e. The molecule has 0 bridgehead atoms. The Hall–Kier alpha value is -2.34. The molecule has 0 atom stereocenters. The van der Waals surface area contributed by atoms with Gasteiger partial charge in [-0.1, -0.05) is 34.1 Å². The maximum absolute atomic E-state index is 12.8. The molecule has 3 rings (SSSR count). The first-order valence-corrected chi connectivity index (χ1v) is 11.0. The lowest BCUT2D eigenvalue weighted by Crippen LogP contribution is -2.40. The second-order valence-electron chi connectivity index (χ2n) is 6.24. The average molecular weight is 483 g/mol. The third kappa shape index (κ3) is 4.81. The van der Waals surface area contributed by atoms with E-state index in [0.29, 0.717) is 18.9 Å². The molecule has 1 aliphatic heterocycles. The van der Waals surface area contributed by atoms with Crippen LogP contribution in [0.1, 0.15) is 12.5 Å². The van der Waals surface area contributed by atoms with Gasteiger partial charge in [0.1, 0.15) is 5.69 Å². The van der Waals surface area contributed by atoms with Crippen LogP contribution in [0.15, 0.2) is 56.9 Å². The Labute approximate surface area is 176 Å². The van der Waals surface area contributed by atoms with Crippen molar-refractivity contribution in [3.8, 4) is 0 Å². The van der Waals surface area contributed by atoms with E-state index in [2.05, 4.69) is 26.5 Å². The van der Waals surface area contributed by atoms with E-state index in [1.165, 1.54) is 16.4 Å². The summed E-state index contributed by atoms with van der Waals surface area (Å²) in [5, 5.41) is 15.7. The summed E-state index contributed by atoms with van der Waals surface area (Å²) in [6, 6.07) is 11.2. The summed E-state index contributed by atoms with van der Waals surface area (Å²) in [5.41, 5.74) is 3.84. The Kier molecular flexibility index (Phi) is 6.63. The first kappa shape index (κ1) is 21.4. The third-order valence-corrected chi connectivity index (χ3v) is 6.97. The summed E-state index contributed by atoms with van der Waals surface area (Å²) in [6.07, 6.45) is 0. The number of nitro benzene ring substituents is 1. The van der Waals surface area contributed by atoms with Crippen LogP contribution in [0.5, 0.6) is 0 Å². The highest BCUT2D eigenvalue weighted by Gasteiger charge is 2.28. The molecule has 1 aliphatic rings. The second kappa shape index (κ2) is 8.99. The quantitative estimate of drug-likeness (QED) is 0.384. The fourth-order valence-electron chi connectivity index (χ4n) is 2.81. The molecule has 1 heterocycles. The Balaban J connectivity index is 1.90. The second-order valence-corrected chi connectivity index (χ2v) is 9.03. The van der Waals surface area contributed by atoms with Crippen LogP contribution < -0.4 is 5.43 Å². The predicted octanol–water partition coefficient (Wildman–Crippen LogP) is 3.21. The molecule has 0 radical (unpaired) electrons. The van der Waals surface area contributed by atoms with Crippen molar-refractivity contribution in [1.82, 2.24) is 4.31 Å². The van der Waals surface area contributed by atoms with E-state index in [0.717, 1.165) is 16.1 Å². The summed E-state index contributed by atoms with van der Waals surface area (Å²) in [7, 11) is -3.84. The number of nitrogens with zero attached hydrogens (tertiary/aromatic N) is 3. The minimum atomic E-state index is -3.84. The van der Waals surface area contributed by atoms with Gasteiger partial charge in [0.15, 0.2) is 0 Å². The average Bonchev–Trinajstić information content (AvgIpc) is 2.72. The van der Waals surface area contributed by atoms with Gasteiger partial charge < -0.3 is 4.74 Å². The fraction of sp³-hybridized carbons (Fsp3) is 0.278. The van der Waals surface area contributed by atoms with E-state index in [1.807, 2.05) is 24.3 Å². The molecule has 0 unspecified atom stereocenters. The Morgan fingerprint density at radius 1 is 1.24 bits per heavy atom. The maximum atomic E-state index is 12.8. The number of nitro groups is 1. The lowest BCUT2D eigenvalue weighted by molar-refractivity contribution is -0.384. The summed E-state index contributed by atoms with van der Waals surface area (Å²) < 4.78 is 32.8. The highest BCUT2D eigenvalue weighted by Crippen LogP contribution is 2.29. The molecule has 0 amide bonds. The first-order chi connectivity index (χ1) is 13.8. The van der Waals surface area contributed by atoms with Gasteiger partial charge in [0.05, 0.1) is 28.7 Å². The highest BCUT2D eigenvalue weighted by molar-refractivity contribution is 9.10. The minimum absolute atomic E-state index is 0.0994. The predicted molar refractivity (Wildman–Crippen MR) is 113 cm³/mol. The van der Waals surface area contributed by atoms with Crippen molar-refractivity contribution in [2.75, 3.05) is 31.7 Å². The van der Waals surface area contributed by atoms with E-state index < -0.39 is 14.9 Å². The molecule has 29 heavy (non-hydrogen) atoms. The van der Waals surface area contributed by atoms with Gasteiger partial charge in [-0.25, -0.2) is 8.42 Å². The number of hydrogen-bond acceptors (Lipinski definition) is 7. The number of morpholine rings is 1. The molecular formula is C18H19BrN4O5S. The zero-order chi connectivity index (χ0) is 21.0. The fourth-order valence-corrected chi connectivity index (χ4v) is 4.81.